The molecule has 0 spiro atoms. The number of carbonyl (C=O) groups excluding carboxylic acids is 1. The molecule has 0 aliphatic carbocycles. The molecule has 1 aromatic carbocycles. The van der Waals surface area contributed by atoms with Gasteiger partial charge in [-0.3, -0.25) is 9.69 Å². The number of hydrogen-bond acceptors (Lipinski definition) is 3. The van der Waals surface area contributed by atoms with Gasteiger partial charge in [0.05, 0.1) is 6.04 Å². The van der Waals surface area contributed by atoms with Gasteiger partial charge >= 0.3 is 0 Å². The number of benzene rings is 1. The number of likely N-dealkylation sites (N-methyl/N-ethyl adjacent to an activating group) is 1. The van der Waals surface area contributed by atoms with Gasteiger partial charge in [-0.1, -0.05) is 24.0 Å². The molecular weight excluding hydrogens is 252 g/mol. The van der Waals surface area contributed by atoms with Crippen LogP contribution in [0.15, 0.2) is 24.3 Å². The molecule has 2 N–H and O–H groups in total. The van der Waals surface area contributed by atoms with Crippen molar-refractivity contribution in [1.29, 1.82) is 0 Å². The lowest BCUT2D eigenvalue weighted by atomic mass is 10.1. The van der Waals surface area contributed by atoms with Gasteiger partial charge in [-0.2, -0.15) is 0 Å². The van der Waals surface area contributed by atoms with Gasteiger partial charge in [0, 0.05) is 19.2 Å². The normalized spacial score (nSPS) is 18.4. The molecule has 4 heteroatoms. The van der Waals surface area contributed by atoms with E-state index in [1.54, 1.807) is 7.05 Å². The molecule has 0 aromatic heterocycles. The highest BCUT2D eigenvalue weighted by Gasteiger charge is 2.29. The largest absolute Gasteiger partial charge is 0.384 e. The van der Waals surface area contributed by atoms with Crippen LogP contribution < -0.4 is 5.32 Å². The summed E-state index contributed by atoms with van der Waals surface area (Å²) in [5, 5.41) is 11.4. The number of carbonyl (C=O) groups is 1. The van der Waals surface area contributed by atoms with E-state index < -0.39 is 0 Å². The molecule has 1 aliphatic heterocycles. The summed E-state index contributed by atoms with van der Waals surface area (Å²) in [5.74, 6) is 5.61. The number of hydrogen-bond donors (Lipinski definition) is 2. The van der Waals surface area contributed by atoms with Gasteiger partial charge in [0.15, 0.2) is 0 Å². The Labute approximate surface area is 119 Å². The van der Waals surface area contributed by atoms with Crippen LogP contribution in [0.25, 0.3) is 0 Å². The zero-order valence-electron chi connectivity index (χ0n) is 11.7. The van der Waals surface area contributed by atoms with Crippen LogP contribution in [0.2, 0.25) is 0 Å². The Morgan fingerprint density at radius 2 is 2.20 bits per heavy atom. The minimum atomic E-state index is -0.122. The Hall–Kier alpha value is -1.83. The van der Waals surface area contributed by atoms with Crippen molar-refractivity contribution in [3.63, 3.8) is 0 Å². The molecule has 1 fully saturated rings. The van der Waals surface area contributed by atoms with Crippen LogP contribution in [0.1, 0.15) is 24.0 Å². The third-order valence-electron chi connectivity index (χ3n) is 3.56. The van der Waals surface area contributed by atoms with Gasteiger partial charge < -0.3 is 10.4 Å². The van der Waals surface area contributed by atoms with E-state index in [0.717, 1.165) is 31.5 Å². The van der Waals surface area contributed by atoms with Crippen molar-refractivity contribution in [3.8, 4) is 11.8 Å². The maximum Gasteiger partial charge on any atom is 0.237 e. The van der Waals surface area contributed by atoms with Crippen LogP contribution in [0, 0.1) is 11.8 Å². The molecule has 0 radical (unpaired) electrons. The number of likely N-dealkylation sites (tertiary alicyclic amines) is 1. The topological polar surface area (TPSA) is 52.6 Å². The first kappa shape index (κ1) is 14.6. The fraction of sp³-hybridized carbons (Fsp3) is 0.438. The zero-order chi connectivity index (χ0) is 14.4. The van der Waals surface area contributed by atoms with Crippen LogP contribution in [-0.4, -0.2) is 42.2 Å². The first-order valence-corrected chi connectivity index (χ1v) is 6.89. The molecule has 1 amide bonds. The quantitative estimate of drug-likeness (QED) is 0.798. The van der Waals surface area contributed by atoms with E-state index in [-0.39, 0.29) is 18.6 Å². The van der Waals surface area contributed by atoms with Gasteiger partial charge in [0.1, 0.15) is 6.61 Å². The maximum absolute atomic E-state index is 11.8. The van der Waals surface area contributed by atoms with Crippen LogP contribution in [-0.2, 0) is 11.3 Å². The van der Waals surface area contributed by atoms with Crippen molar-refractivity contribution in [3.05, 3.63) is 35.4 Å². The van der Waals surface area contributed by atoms with Crippen LogP contribution in [0.3, 0.4) is 0 Å². The molecule has 4 nitrogen and oxygen atoms in total. The van der Waals surface area contributed by atoms with E-state index in [0.29, 0.717) is 0 Å². The Kier molecular flexibility index (Phi) is 5.16. The summed E-state index contributed by atoms with van der Waals surface area (Å²) in [6.07, 6.45) is 2.00. The number of rotatable bonds is 3. The van der Waals surface area contributed by atoms with Crippen LogP contribution >= 0.6 is 0 Å². The monoisotopic (exact) mass is 272 g/mol. The highest BCUT2D eigenvalue weighted by atomic mass is 16.2. The molecule has 2 rings (SSSR count). The Bertz CT molecular complexity index is 514. The van der Waals surface area contributed by atoms with Crippen molar-refractivity contribution in [2.75, 3.05) is 20.2 Å². The summed E-state index contributed by atoms with van der Waals surface area (Å²) in [6, 6.07) is 7.95. The highest BCUT2D eigenvalue weighted by Crippen LogP contribution is 2.20. The number of aliphatic hydroxyl groups is 1. The fourth-order valence-corrected chi connectivity index (χ4v) is 2.55. The standard InChI is InChI=1S/C16H20N2O2/c1-17-16(20)15-5-2-10-18(15)12-14-8-6-13(7-9-14)4-3-11-19/h6-9,15,19H,2,5,10-12H2,1H3,(H,17,20). The third kappa shape index (κ3) is 3.60. The average Bonchev–Trinajstić information content (AvgIpc) is 2.94. The van der Waals surface area contributed by atoms with Gasteiger partial charge in [-0.25, -0.2) is 0 Å². The summed E-state index contributed by atoms with van der Waals surface area (Å²) in [7, 11) is 1.69. The molecule has 1 aromatic rings. The van der Waals surface area contributed by atoms with Crippen molar-refractivity contribution >= 4 is 5.91 Å². The molecule has 106 valence electrons. The Balaban J connectivity index is 2.00. The second kappa shape index (κ2) is 7.09. The zero-order valence-corrected chi connectivity index (χ0v) is 11.7. The summed E-state index contributed by atoms with van der Waals surface area (Å²) in [4.78, 5) is 14.0. The average molecular weight is 272 g/mol. The molecule has 1 aliphatic rings. The predicted molar refractivity (Wildman–Crippen MR) is 77.9 cm³/mol. The minimum absolute atomic E-state index is 0.00569. The van der Waals surface area contributed by atoms with E-state index >= 15 is 0 Å². The van der Waals surface area contributed by atoms with Crippen molar-refractivity contribution in [1.82, 2.24) is 10.2 Å². The fourth-order valence-electron chi connectivity index (χ4n) is 2.55. The smallest absolute Gasteiger partial charge is 0.237 e. The van der Waals surface area contributed by atoms with Crippen molar-refractivity contribution in [2.24, 2.45) is 0 Å². The first-order valence-electron chi connectivity index (χ1n) is 6.89. The third-order valence-corrected chi connectivity index (χ3v) is 3.56. The number of nitrogens with one attached hydrogen (secondary N) is 1. The molecule has 1 unspecified atom stereocenters. The van der Waals surface area contributed by atoms with E-state index in [1.807, 2.05) is 24.3 Å². The summed E-state index contributed by atoms with van der Waals surface area (Å²) >= 11 is 0. The first-order chi connectivity index (χ1) is 9.74. The van der Waals surface area contributed by atoms with E-state index in [2.05, 4.69) is 22.1 Å². The maximum atomic E-state index is 11.8. The van der Waals surface area contributed by atoms with E-state index in [1.165, 1.54) is 5.56 Å². The van der Waals surface area contributed by atoms with Crippen LogP contribution in [0.5, 0.6) is 0 Å². The summed E-state index contributed by atoms with van der Waals surface area (Å²) in [6.45, 7) is 1.62. The lowest BCUT2D eigenvalue weighted by molar-refractivity contribution is -0.125. The summed E-state index contributed by atoms with van der Waals surface area (Å²) < 4.78 is 0. The van der Waals surface area contributed by atoms with E-state index in [4.69, 9.17) is 5.11 Å². The Morgan fingerprint density at radius 3 is 2.85 bits per heavy atom. The van der Waals surface area contributed by atoms with Crippen LogP contribution in [0.4, 0.5) is 0 Å². The second-order valence-electron chi connectivity index (χ2n) is 4.90. The highest BCUT2D eigenvalue weighted by molar-refractivity contribution is 5.81. The van der Waals surface area contributed by atoms with E-state index in [9.17, 15) is 4.79 Å². The van der Waals surface area contributed by atoms with Crippen molar-refractivity contribution in [2.45, 2.75) is 25.4 Å². The van der Waals surface area contributed by atoms with Gasteiger partial charge in [-0.05, 0) is 37.1 Å². The molecule has 0 saturated carbocycles. The predicted octanol–water partition coefficient (Wildman–Crippen LogP) is 0.741. The lowest BCUT2D eigenvalue weighted by Gasteiger charge is -2.23. The number of nitrogens with zero attached hydrogens (tertiary/aromatic N) is 1. The molecule has 1 saturated heterocycles. The molecular formula is C16H20N2O2. The van der Waals surface area contributed by atoms with Gasteiger partial charge in [-0.15, -0.1) is 0 Å². The Morgan fingerprint density at radius 1 is 1.45 bits per heavy atom. The molecule has 0 bridgehead atoms. The lowest BCUT2D eigenvalue weighted by Crippen LogP contribution is -2.41. The van der Waals surface area contributed by atoms with Gasteiger partial charge in [0.2, 0.25) is 5.91 Å². The molecule has 1 heterocycles. The summed E-state index contributed by atoms with van der Waals surface area (Å²) in [5.41, 5.74) is 2.07. The number of amides is 1. The molecule has 20 heavy (non-hydrogen) atoms. The number of aliphatic hydroxyl groups excluding tert-OH is 1. The SMILES string of the molecule is CNC(=O)C1CCCN1Cc1ccc(C#CCO)cc1. The second-order valence-corrected chi connectivity index (χ2v) is 4.90. The van der Waals surface area contributed by atoms with Gasteiger partial charge in [0.25, 0.3) is 0 Å². The minimum Gasteiger partial charge on any atom is -0.384 e. The van der Waals surface area contributed by atoms with Crippen molar-refractivity contribution < 1.29 is 9.90 Å². The molecule has 1 atom stereocenters.